The van der Waals surface area contributed by atoms with Gasteiger partial charge in [0.15, 0.2) is 11.5 Å². The minimum Gasteiger partial charge on any atom is -0.502 e. The molecule has 0 amide bonds. The van der Waals surface area contributed by atoms with Crippen LogP contribution in [0.1, 0.15) is 32.3 Å². The molecule has 0 spiro atoms. The van der Waals surface area contributed by atoms with Gasteiger partial charge in [-0.2, -0.15) is 0 Å². The summed E-state index contributed by atoms with van der Waals surface area (Å²) < 4.78 is 15.8. The number of phenols is 1. The normalized spacial score (nSPS) is 10.9. The summed E-state index contributed by atoms with van der Waals surface area (Å²) in [4.78, 5) is 0. The Morgan fingerprint density at radius 1 is 1.10 bits per heavy atom. The maximum absolute atomic E-state index is 9.84. The number of aromatic hydroxyl groups is 1. The second-order valence-corrected chi connectivity index (χ2v) is 5.15. The molecule has 0 aromatic heterocycles. The summed E-state index contributed by atoms with van der Waals surface area (Å²) >= 11 is 0. The van der Waals surface area contributed by atoms with Crippen molar-refractivity contribution in [3.63, 3.8) is 0 Å². The molecule has 0 saturated carbocycles. The van der Waals surface area contributed by atoms with Crippen LogP contribution in [-0.2, 0) is 11.3 Å². The van der Waals surface area contributed by atoms with Crippen LogP contribution >= 0.6 is 0 Å². The Kier molecular flexibility index (Phi) is 7.93. The number of unbranched alkanes of at least 4 members (excludes halogenated alkanes) is 1. The van der Waals surface area contributed by atoms with Gasteiger partial charge in [0, 0.05) is 13.2 Å². The first-order chi connectivity index (χ1) is 10.1. The van der Waals surface area contributed by atoms with E-state index in [0.29, 0.717) is 24.1 Å². The summed E-state index contributed by atoms with van der Waals surface area (Å²) in [5.74, 6) is 0.891. The molecule has 1 aromatic rings. The zero-order valence-electron chi connectivity index (χ0n) is 13.4. The molecule has 21 heavy (non-hydrogen) atoms. The summed E-state index contributed by atoms with van der Waals surface area (Å²) in [6.07, 6.45) is 2.42. The molecule has 0 unspecified atom stereocenters. The Labute approximate surface area is 127 Å². The molecule has 0 aliphatic heterocycles. The molecule has 0 aliphatic carbocycles. The number of benzene rings is 1. The van der Waals surface area contributed by atoms with Crippen molar-refractivity contribution in [3.05, 3.63) is 17.7 Å². The van der Waals surface area contributed by atoms with Gasteiger partial charge in [0.1, 0.15) is 0 Å². The Balaban J connectivity index is 2.35. The first kappa shape index (κ1) is 17.6. The lowest BCUT2D eigenvalue weighted by molar-refractivity contribution is 0.0760. The highest BCUT2D eigenvalue weighted by molar-refractivity contribution is 5.52. The molecular weight excluding hydrogens is 270 g/mol. The van der Waals surface area contributed by atoms with Crippen molar-refractivity contribution >= 4 is 0 Å². The summed E-state index contributed by atoms with van der Waals surface area (Å²) in [7, 11) is 3.06. The third-order valence-electron chi connectivity index (χ3n) is 3.07. The van der Waals surface area contributed by atoms with Crippen LogP contribution in [0.2, 0.25) is 0 Å². The lowest BCUT2D eigenvalue weighted by Gasteiger charge is -2.12. The van der Waals surface area contributed by atoms with Crippen molar-refractivity contribution in [2.45, 2.75) is 39.3 Å². The van der Waals surface area contributed by atoms with Crippen LogP contribution in [0.4, 0.5) is 0 Å². The molecule has 2 N–H and O–H groups in total. The van der Waals surface area contributed by atoms with Gasteiger partial charge in [-0.05, 0) is 50.9 Å². The van der Waals surface area contributed by atoms with E-state index in [1.807, 2.05) is 26.0 Å². The molecule has 0 saturated heterocycles. The fraction of sp³-hybridized carbons (Fsp3) is 0.625. The predicted octanol–water partition coefficient (Wildman–Crippen LogP) is 2.70. The van der Waals surface area contributed by atoms with Crippen LogP contribution in [0.25, 0.3) is 0 Å². The molecular formula is C16H27NO4. The zero-order valence-corrected chi connectivity index (χ0v) is 13.4. The van der Waals surface area contributed by atoms with E-state index in [0.717, 1.165) is 31.6 Å². The largest absolute Gasteiger partial charge is 0.502 e. The van der Waals surface area contributed by atoms with E-state index >= 15 is 0 Å². The van der Waals surface area contributed by atoms with Gasteiger partial charge in [-0.15, -0.1) is 0 Å². The van der Waals surface area contributed by atoms with E-state index in [4.69, 9.17) is 14.2 Å². The smallest absolute Gasteiger partial charge is 0.200 e. The van der Waals surface area contributed by atoms with Crippen molar-refractivity contribution < 1.29 is 19.3 Å². The molecule has 5 heteroatoms. The van der Waals surface area contributed by atoms with Crippen molar-refractivity contribution in [2.24, 2.45) is 0 Å². The highest BCUT2D eigenvalue weighted by Crippen LogP contribution is 2.36. The number of rotatable bonds is 10. The van der Waals surface area contributed by atoms with Crippen LogP contribution < -0.4 is 14.8 Å². The summed E-state index contributed by atoms with van der Waals surface area (Å²) in [6, 6.07) is 3.62. The predicted molar refractivity (Wildman–Crippen MR) is 83.2 cm³/mol. The molecule has 0 heterocycles. The number of ether oxygens (including phenoxy) is 3. The van der Waals surface area contributed by atoms with Gasteiger partial charge in [0.2, 0.25) is 5.75 Å². The van der Waals surface area contributed by atoms with E-state index in [1.165, 1.54) is 14.2 Å². The first-order valence-electron chi connectivity index (χ1n) is 7.34. The topological polar surface area (TPSA) is 60.0 Å². The maximum atomic E-state index is 9.84. The highest BCUT2D eigenvalue weighted by atomic mass is 16.5. The Bertz CT molecular complexity index is 396. The molecule has 0 atom stereocenters. The van der Waals surface area contributed by atoms with E-state index in [1.54, 1.807) is 0 Å². The van der Waals surface area contributed by atoms with E-state index in [-0.39, 0.29) is 5.75 Å². The fourth-order valence-electron chi connectivity index (χ4n) is 1.95. The molecule has 1 rings (SSSR count). The van der Waals surface area contributed by atoms with Crippen molar-refractivity contribution in [3.8, 4) is 17.2 Å². The zero-order chi connectivity index (χ0) is 15.7. The minimum absolute atomic E-state index is 0.0367. The van der Waals surface area contributed by atoms with Crippen LogP contribution in [0.15, 0.2) is 12.1 Å². The number of methoxy groups -OCH3 is 2. The van der Waals surface area contributed by atoms with Crippen LogP contribution in [-0.4, -0.2) is 38.6 Å². The van der Waals surface area contributed by atoms with Gasteiger partial charge in [-0.3, -0.25) is 0 Å². The number of hydrogen-bond donors (Lipinski definition) is 2. The van der Waals surface area contributed by atoms with Gasteiger partial charge in [-0.25, -0.2) is 0 Å². The van der Waals surface area contributed by atoms with Crippen LogP contribution in [0.3, 0.4) is 0 Å². The molecule has 5 nitrogen and oxygen atoms in total. The number of phenolic OH excluding ortho intramolecular Hbond substituents is 1. The molecule has 0 radical (unpaired) electrons. The average molecular weight is 297 g/mol. The second-order valence-electron chi connectivity index (χ2n) is 5.15. The van der Waals surface area contributed by atoms with Crippen molar-refractivity contribution in [2.75, 3.05) is 27.4 Å². The highest BCUT2D eigenvalue weighted by Gasteiger charge is 2.10. The quantitative estimate of drug-likeness (QED) is 0.650. The lowest BCUT2D eigenvalue weighted by atomic mass is 10.1. The molecule has 1 aromatic carbocycles. The van der Waals surface area contributed by atoms with Crippen molar-refractivity contribution in [1.82, 2.24) is 5.32 Å². The first-order valence-corrected chi connectivity index (χ1v) is 7.34. The second kappa shape index (κ2) is 9.47. The molecule has 0 aliphatic rings. The standard InChI is InChI=1S/C16H27NO4/c1-12(2)21-8-6-5-7-17-11-13-9-14(19-3)16(18)15(10-13)20-4/h9-10,12,17-18H,5-8,11H2,1-4H3. The van der Waals surface area contributed by atoms with Crippen LogP contribution in [0.5, 0.6) is 17.2 Å². The third kappa shape index (κ3) is 6.23. The number of nitrogens with one attached hydrogen (secondary N) is 1. The number of hydrogen-bond acceptors (Lipinski definition) is 5. The fourth-order valence-corrected chi connectivity index (χ4v) is 1.95. The van der Waals surface area contributed by atoms with Gasteiger partial charge in [0.25, 0.3) is 0 Å². The van der Waals surface area contributed by atoms with Gasteiger partial charge >= 0.3 is 0 Å². The van der Waals surface area contributed by atoms with E-state index < -0.39 is 0 Å². The van der Waals surface area contributed by atoms with Gasteiger partial charge < -0.3 is 24.6 Å². The monoisotopic (exact) mass is 297 g/mol. The molecule has 0 bridgehead atoms. The van der Waals surface area contributed by atoms with E-state index in [9.17, 15) is 5.11 Å². The third-order valence-corrected chi connectivity index (χ3v) is 3.07. The SMILES string of the molecule is COc1cc(CNCCCCOC(C)C)cc(OC)c1O. The Hall–Kier alpha value is -1.46. The van der Waals surface area contributed by atoms with Crippen LogP contribution in [0, 0.1) is 0 Å². The summed E-state index contributed by atoms with van der Waals surface area (Å²) in [5, 5.41) is 13.2. The maximum Gasteiger partial charge on any atom is 0.200 e. The Morgan fingerprint density at radius 2 is 1.71 bits per heavy atom. The Morgan fingerprint density at radius 3 is 2.24 bits per heavy atom. The molecule has 0 fully saturated rings. The van der Waals surface area contributed by atoms with Gasteiger partial charge in [-0.1, -0.05) is 0 Å². The van der Waals surface area contributed by atoms with Crippen molar-refractivity contribution in [1.29, 1.82) is 0 Å². The molecule has 120 valence electrons. The summed E-state index contributed by atoms with van der Waals surface area (Å²) in [5.41, 5.74) is 1.01. The lowest BCUT2D eigenvalue weighted by Crippen LogP contribution is -2.15. The van der Waals surface area contributed by atoms with Gasteiger partial charge in [0.05, 0.1) is 20.3 Å². The summed E-state index contributed by atoms with van der Waals surface area (Å²) in [6.45, 7) is 6.53. The minimum atomic E-state index is 0.0367. The average Bonchev–Trinajstić information content (AvgIpc) is 2.47. The van der Waals surface area contributed by atoms with E-state index in [2.05, 4.69) is 5.32 Å².